The quantitative estimate of drug-likeness (QED) is 0.810. The van der Waals surface area contributed by atoms with Crippen LogP contribution in [0.15, 0.2) is 18.2 Å². The molecule has 0 aromatic heterocycles. The van der Waals surface area contributed by atoms with Gasteiger partial charge in [0.25, 0.3) is 0 Å². The second-order valence-electron chi connectivity index (χ2n) is 4.58. The fourth-order valence-corrected chi connectivity index (χ4v) is 2.76. The molecule has 0 aliphatic carbocycles. The van der Waals surface area contributed by atoms with Gasteiger partial charge in [-0.1, -0.05) is 24.6 Å². The minimum Gasteiger partial charge on any atom is -0.316 e. The Bertz CT molecular complexity index is 352. The van der Waals surface area contributed by atoms with Crippen LogP contribution in [0.25, 0.3) is 0 Å². The summed E-state index contributed by atoms with van der Waals surface area (Å²) in [6.07, 6.45) is 1.24. The number of benzene rings is 1. The highest BCUT2D eigenvalue weighted by Crippen LogP contribution is 2.32. The standard InChI is InChI=1S/C13H18ClN.ClH/c1-9-7-11(14)3-4-12(9)13-5-6-15-8-10(13)2;/h3-4,7,10,13,15H,5-6,8H2,1-2H3;1H/t10-,13+;/m1./s1. The maximum absolute atomic E-state index is 5.98. The average molecular weight is 260 g/mol. The van der Waals surface area contributed by atoms with Crippen LogP contribution in [0.1, 0.15) is 30.4 Å². The summed E-state index contributed by atoms with van der Waals surface area (Å²) in [6, 6.07) is 6.29. The van der Waals surface area contributed by atoms with Gasteiger partial charge in [0.15, 0.2) is 0 Å². The van der Waals surface area contributed by atoms with Crippen molar-refractivity contribution in [2.24, 2.45) is 5.92 Å². The third kappa shape index (κ3) is 2.91. The topological polar surface area (TPSA) is 12.0 Å². The first-order valence-corrected chi connectivity index (χ1v) is 6.03. The molecule has 90 valence electrons. The van der Waals surface area contributed by atoms with Crippen LogP contribution in [0.3, 0.4) is 0 Å². The predicted molar refractivity (Wildman–Crippen MR) is 72.8 cm³/mol. The Morgan fingerprint density at radius 3 is 2.75 bits per heavy atom. The largest absolute Gasteiger partial charge is 0.316 e. The zero-order valence-electron chi connectivity index (χ0n) is 9.79. The molecule has 1 aromatic rings. The van der Waals surface area contributed by atoms with E-state index < -0.39 is 0 Å². The van der Waals surface area contributed by atoms with Crippen molar-refractivity contribution in [2.75, 3.05) is 13.1 Å². The van der Waals surface area contributed by atoms with E-state index in [4.69, 9.17) is 11.6 Å². The zero-order chi connectivity index (χ0) is 10.8. The molecular weight excluding hydrogens is 241 g/mol. The highest BCUT2D eigenvalue weighted by Gasteiger charge is 2.23. The third-order valence-corrected chi connectivity index (χ3v) is 3.65. The number of aryl methyl sites for hydroxylation is 1. The summed E-state index contributed by atoms with van der Waals surface area (Å²) in [5.74, 6) is 1.42. The lowest BCUT2D eigenvalue weighted by molar-refractivity contribution is 0.348. The first-order valence-electron chi connectivity index (χ1n) is 5.65. The Morgan fingerprint density at radius 1 is 1.38 bits per heavy atom. The van der Waals surface area contributed by atoms with E-state index in [-0.39, 0.29) is 12.4 Å². The molecule has 0 spiro atoms. The third-order valence-electron chi connectivity index (χ3n) is 3.42. The van der Waals surface area contributed by atoms with Gasteiger partial charge in [0, 0.05) is 5.02 Å². The molecule has 1 N–H and O–H groups in total. The van der Waals surface area contributed by atoms with Gasteiger partial charge in [-0.3, -0.25) is 0 Å². The van der Waals surface area contributed by atoms with Crippen LogP contribution in [-0.2, 0) is 0 Å². The molecule has 1 aliphatic heterocycles. The summed E-state index contributed by atoms with van der Waals surface area (Å²) in [4.78, 5) is 0. The van der Waals surface area contributed by atoms with E-state index >= 15 is 0 Å². The number of nitrogens with one attached hydrogen (secondary N) is 1. The zero-order valence-corrected chi connectivity index (χ0v) is 11.4. The van der Waals surface area contributed by atoms with Gasteiger partial charge < -0.3 is 5.32 Å². The minimum absolute atomic E-state index is 0. The summed E-state index contributed by atoms with van der Waals surface area (Å²) in [6.45, 7) is 6.75. The maximum atomic E-state index is 5.98. The smallest absolute Gasteiger partial charge is 0.0408 e. The molecule has 1 nitrogen and oxygen atoms in total. The van der Waals surface area contributed by atoms with Crippen molar-refractivity contribution in [1.82, 2.24) is 5.32 Å². The first-order chi connectivity index (χ1) is 7.18. The lowest BCUT2D eigenvalue weighted by Gasteiger charge is -2.31. The van der Waals surface area contributed by atoms with Crippen molar-refractivity contribution in [3.05, 3.63) is 34.3 Å². The van der Waals surface area contributed by atoms with Gasteiger partial charge in [-0.15, -0.1) is 12.4 Å². The van der Waals surface area contributed by atoms with Gasteiger partial charge in [-0.2, -0.15) is 0 Å². The van der Waals surface area contributed by atoms with Crippen molar-refractivity contribution in [3.8, 4) is 0 Å². The molecule has 0 amide bonds. The molecule has 2 atom stereocenters. The molecule has 1 saturated heterocycles. The van der Waals surface area contributed by atoms with E-state index in [9.17, 15) is 0 Å². The second-order valence-corrected chi connectivity index (χ2v) is 5.01. The highest BCUT2D eigenvalue weighted by atomic mass is 35.5. The molecule has 1 heterocycles. The Labute approximate surface area is 109 Å². The molecule has 2 rings (SSSR count). The fraction of sp³-hybridized carbons (Fsp3) is 0.538. The summed E-state index contributed by atoms with van der Waals surface area (Å²) in [5, 5.41) is 4.28. The predicted octanol–water partition coefficient (Wildman–Crippen LogP) is 3.78. The highest BCUT2D eigenvalue weighted by molar-refractivity contribution is 6.30. The number of piperidine rings is 1. The molecule has 0 bridgehead atoms. The summed E-state index contributed by atoms with van der Waals surface area (Å²) in [7, 11) is 0. The normalized spacial score (nSPS) is 24.9. The molecule has 1 aliphatic rings. The number of rotatable bonds is 1. The van der Waals surface area contributed by atoms with E-state index in [1.165, 1.54) is 17.5 Å². The Balaban J connectivity index is 0.00000128. The Hall–Kier alpha value is -0.240. The molecule has 0 unspecified atom stereocenters. The summed E-state index contributed by atoms with van der Waals surface area (Å²) in [5.41, 5.74) is 2.81. The molecule has 0 radical (unpaired) electrons. The van der Waals surface area contributed by atoms with Crippen molar-refractivity contribution >= 4 is 24.0 Å². The molecule has 0 saturated carbocycles. The van der Waals surface area contributed by atoms with Crippen molar-refractivity contribution in [1.29, 1.82) is 0 Å². The summed E-state index contributed by atoms with van der Waals surface area (Å²) < 4.78 is 0. The number of hydrogen-bond acceptors (Lipinski definition) is 1. The van der Waals surface area contributed by atoms with Gasteiger partial charge in [-0.05, 0) is 61.5 Å². The van der Waals surface area contributed by atoms with Gasteiger partial charge in [0.05, 0.1) is 0 Å². The lowest BCUT2D eigenvalue weighted by atomic mass is 9.80. The van der Waals surface area contributed by atoms with Gasteiger partial charge in [0.2, 0.25) is 0 Å². The van der Waals surface area contributed by atoms with Crippen LogP contribution in [0.2, 0.25) is 5.02 Å². The van der Waals surface area contributed by atoms with Crippen molar-refractivity contribution in [2.45, 2.75) is 26.2 Å². The van der Waals surface area contributed by atoms with Crippen LogP contribution in [0, 0.1) is 12.8 Å². The monoisotopic (exact) mass is 259 g/mol. The average Bonchev–Trinajstić information content (AvgIpc) is 2.20. The summed E-state index contributed by atoms with van der Waals surface area (Å²) >= 11 is 5.98. The molecule has 1 fully saturated rings. The minimum atomic E-state index is 0. The van der Waals surface area contributed by atoms with Crippen LogP contribution in [0.4, 0.5) is 0 Å². The number of hydrogen-bond donors (Lipinski definition) is 1. The SMILES string of the molecule is Cc1cc(Cl)ccc1[C@H]1CCNC[C@H]1C.Cl. The molecule has 3 heteroatoms. The van der Waals surface area contributed by atoms with Crippen LogP contribution < -0.4 is 5.32 Å². The van der Waals surface area contributed by atoms with E-state index in [1.54, 1.807) is 0 Å². The van der Waals surface area contributed by atoms with E-state index in [0.29, 0.717) is 5.92 Å². The Kier molecular flexibility index (Phi) is 5.10. The van der Waals surface area contributed by atoms with Crippen molar-refractivity contribution < 1.29 is 0 Å². The van der Waals surface area contributed by atoms with Crippen LogP contribution in [-0.4, -0.2) is 13.1 Å². The van der Waals surface area contributed by atoms with Crippen LogP contribution in [0.5, 0.6) is 0 Å². The lowest BCUT2D eigenvalue weighted by Crippen LogP contribution is -2.34. The molecule has 1 aromatic carbocycles. The van der Waals surface area contributed by atoms with E-state index in [2.05, 4.69) is 31.3 Å². The van der Waals surface area contributed by atoms with Gasteiger partial charge in [-0.25, -0.2) is 0 Å². The first kappa shape index (κ1) is 13.8. The second kappa shape index (κ2) is 5.90. The van der Waals surface area contributed by atoms with E-state index in [1.807, 2.05) is 6.07 Å². The molecular formula is C13H19Cl2N. The van der Waals surface area contributed by atoms with E-state index in [0.717, 1.165) is 24.0 Å². The van der Waals surface area contributed by atoms with Crippen LogP contribution >= 0.6 is 24.0 Å². The number of halogens is 2. The van der Waals surface area contributed by atoms with Crippen molar-refractivity contribution in [3.63, 3.8) is 0 Å². The molecule has 16 heavy (non-hydrogen) atoms. The van der Waals surface area contributed by atoms with Gasteiger partial charge >= 0.3 is 0 Å². The maximum Gasteiger partial charge on any atom is 0.0408 e. The van der Waals surface area contributed by atoms with Gasteiger partial charge in [0.1, 0.15) is 0 Å². The Morgan fingerprint density at radius 2 is 2.12 bits per heavy atom. The fourth-order valence-electron chi connectivity index (χ4n) is 2.53.